The number of piperidine rings is 1. The number of anilines is 1. The van der Waals surface area contributed by atoms with Crippen molar-refractivity contribution in [1.29, 1.82) is 0 Å². The number of para-hydroxylation sites is 2. The third kappa shape index (κ3) is 5.07. The summed E-state index contributed by atoms with van der Waals surface area (Å²) in [5, 5.41) is 2.54. The van der Waals surface area contributed by atoms with Crippen molar-refractivity contribution in [1.82, 2.24) is 4.31 Å². The molecule has 10 heteroatoms. The van der Waals surface area contributed by atoms with Gasteiger partial charge in [-0.2, -0.15) is 13.1 Å². The Kier molecular flexibility index (Phi) is 6.43. The molecular weight excluding hydrogens is 409 g/mol. The summed E-state index contributed by atoms with van der Waals surface area (Å²) in [6.07, 6.45) is 0.896. The van der Waals surface area contributed by atoms with Crippen LogP contribution < -0.4 is 10.1 Å². The number of halogens is 3. The van der Waals surface area contributed by atoms with E-state index in [9.17, 15) is 26.4 Å². The van der Waals surface area contributed by atoms with Crippen molar-refractivity contribution in [3.05, 3.63) is 54.3 Å². The first kappa shape index (κ1) is 21.1. The van der Waals surface area contributed by atoms with Gasteiger partial charge in [0.2, 0.25) is 15.9 Å². The zero-order chi connectivity index (χ0) is 21.0. The topological polar surface area (TPSA) is 75.7 Å². The average Bonchev–Trinajstić information content (AvgIpc) is 2.69. The number of benzene rings is 2. The SMILES string of the molecule is O=C(Nc1ccccc1OC(F)F)C1CCCN(S(=O)(=O)c2ccc(F)cc2)C1. The minimum atomic E-state index is -3.88. The van der Waals surface area contributed by atoms with Crippen LogP contribution >= 0.6 is 0 Å². The number of ether oxygens (including phenoxy) is 1. The van der Waals surface area contributed by atoms with Crippen LogP contribution in [-0.4, -0.2) is 38.3 Å². The molecule has 1 saturated heterocycles. The summed E-state index contributed by atoms with van der Waals surface area (Å²) < 4.78 is 69.2. The fourth-order valence-electron chi connectivity index (χ4n) is 3.13. The molecule has 3 rings (SSSR count). The second-order valence-electron chi connectivity index (χ2n) is 6.52. The predicted octanol–water partition coefficient (Wildman–Crippen LogP) is 3.47. The van der Waals surface area contributed by atoms with Crippen LogP contribution in [0.3, 0.4) is 0 Å². The molecule has 1 N–H and O–H groups in total. The smallest absolute Gasteiger partial charge is 0.387 e. The Morgan fingerprint density at radius 2 is 1.83 bits per heavy atom. The molecule has 1 unspecified atom stereocenters. The summed E-state index contributed by atoms with van der Waals surface area (Å²) >= 11 is 0. The number of rotatable bonds is 6. The van der Waals surface area contributed by atoms with Crippen molar-refractivity contribution in [2.24, 2.45) is 5.92 Å². The molecule has 1 atom stereocenters. The molecule has 0 aliphatic carbocycles. The molecule has 29 heavy (non-hydrogen) atoms. The van der Waals surface area contributed by atoms with Gasteiger partial charge < -0.3 is 10.1 Å². The van der Waals surface area contributed by atoms with Crippen molar-refractivity contribution < 1.29 is 31.1 Å². The lowest BCUT2D eigenvalue weighted by molar-refractivity contribution is -0.121. The van der Waals surface area contributed by atoms with E-state index in [1.165, 1.54) is 34.6 Å². The van der Waals surface area contributed by atoms with E-state index >= 15 is 0 Å². The highest BCUT2D eigenvalue weighted by atomic mass is 32.2. The van der Waals surface area contributed by atoms with Crippen LogP contribution in [0, 0.1) is 11.7 Å². The van der Waals surface area contributed by atoms with Gasteiger partial charge in [-0.15, -0.1) is 0 Å². The molecule has 156 valence electrons. The van der Waals surface area contributed by atoms with Crippen LogP contribution in [0.2, 0.25) is 0 Å². The number of amides is 1. The molecule has 2 aromatic carbocycles. The molecule has 1 aliphatic rings. The summed E-state index contributed by atoms with van der Waals surface area (Å²) in [5.41, 5.74) is 0.0799. The number of carbonyl (C=O) groups excluding carboxylic acids is 1. The van der Waals surface area contributed by atoms with Crippen LogP contribution in [0.5, 0.6) is 5.75 Å². The van der Waals surface area contributed by atoms with Gasteiger partial charge >= 0.3 is 6.61 Å². The summed E-state index contributed by atoms with van der Waals surface area (Å²) in [7, 11) is -3.88. The molecule has 6 nitrogen and oxygen atoms in total. The van der Waals surface area contributed by atoms with Gasteiger partial charge in [-0.05, 0) is 49.2 Å². The maximum Gasteiger partial charge on any atom is 0.387 e. The number of nitrogens with zero attached hydrogens (tertiary/aromatic N) is 1. The van der Waals surface area contributed by atoms with Crippen LogP contribution in [0.1, 0.15) is 12.8 Å². The van der Waals surface area contributed by atoms with Gasteiger partial charge in [-0.3, -0.25) is 4.79 Å². The van der Waals surface area contributed by atoms with Gasteiger partial charge in [-0.25, -0.2) is 12.8 Å². The molecule has 0 spiro atoms. The highest BCUT2D eigenvalue weighted by molar-refractivity contribution is 7.89. The molecule has 1 amide bonds. The molecule has 2 aromatic rings. The molecule has 0 radical (unpaired) electrons. The average molecular weight is 428 g/mol. The number of sulfonamides is 1. The van der Waals surface area contributed by atoms with Crippen LogP contribution in [0.15, 0.2) is 53.4 Å². The lowest BCUT2D eigenvalue weighted by Gasteiger charge is -2.31. The van der Waals surface area contributed by atoms with E-state index in [-0.39, 0.29) is 29.4 Å². The fraction of sp³-hybridized carbons (Fsp3) is 0.316. The van der Waals surface area contributed by atoms with E-state index in [0.717, 1.165) is 12.1 Å². The predicted molar refractivity (Wildman–Crippen MR) is 99.6 cm³/mol. The first-order valence-corrected chi connectivity index (χ1v) is 10.3. The van der Waals surface area contributed by atoms with Crippen molar-refractivity contribution >= 4 is 21.6 Å². The van der Waals surface area contributed by atoms with Gasteiger partial charge in [0.15, 0.2) is 0 Å². The second-order valence-corrected chi connectivity index (χ2v) is 8.46. The number of carbonyl (C=O) groups is 1. The molecule has 1 aliphatic heterocycles. The molecule has 1 fully saturated rings. The van der Waals surface area contributed by atoms with Gasteiger partial charge in [0, 0.05) is 13.1 Å². The van der Waals surface area contributed by atoms with Gasteiger partial charge in [0.05, 0.1) is 16.5 Å². The highest BCUT2D eigenvalue weighted by Crippen LogP contribution is 2.28. The number of alkyl halides is 2. The van der Waals surface area contributed by atoms with Crippen LogP contribution in [0.25, 0.3) is 0 Å². The summed E-state index contributed by atoms with van der Waals surface area (Å²) in [5.74, 6) is -1.89. The number of hydrogen-bond donors (Lipinski definition) is 1. The van der Waals surface area contributed by atoms with Gasteiger partial charge in [0.1, 0.15) is 11.6 Å². The maximum atomic E-state index is 13.1. The Hall–Kier alpha value is -2.59. The van der Waals surface area contributed by atoms with Crippen LogP contribution in [0.4, 0.5) is 18.9 Å². The van der Waals surface area contributed by atoms with E-state index in [1.807, 2.05) is 0 Å². The molecular formula is C19H19F3N2O4S. The minimum absolute atomic E-state index is 0.0596. The van der Waals surface area contributed by atoms with E-state index in [1.54, 1.807) is 6.07 Å². The lowest BCUT2D eigenvalue weighted by atomic mass is 9.98. The highest BCUT2D eigenvalue weighted by Gasteiger charge is 2.33. The standard InChI is InChI=1S/C19H19F3N2O4S/c20-14-7-9-15(10-8-14)29(26,27)24-11-3-4-13(12-24)18(25)23-16-5-1-2-6-17(16)28-19(21)22/h1-2,5-10,13,19H,3-4,11-12H2,(H,23,25). The molecule has 1 heterocycles. The van der Waals surface area contributed by atoms with Crippen molar-refractivity contribution in [3.63, 3.8) is 0 Å². The first-order valence-electron chi connectivity index (χ1n) is 8.88. The first-order chi connectivity index (χ1) is 13.8. The Morgan fingerprint density at radius 3 is 2.52 bits per heavy atom. The second kappa shape index (κ2) is 8.83. The summed E-state index contributed by atoms with van der Waals surface area (Å²) in [4.78, 5) is 12.6. The summed E-state index contributed by atoms with van der Waals surface area (Å²) in [6, 6.07) is 10.2. The summed E-state index contributed by atoms with van der Waals surface area (Å²) in [6.45, 7) is -2.88. The van der Waals surface area contributed by atoms with Gasteiger partial charge in [0.25, 0.3) is 0 Å². The van der Waals surface area contributed by atoms with Crippen LogP contribution in [-0.2, 0) is 14.8 Å². The normalized spacial score (nSPS) is 17.9. The Morgan fingerprint density at radius 1 is 1.14 bits per heavy atom. The third-order valence-corrected chi connectivity index (χ3v) is 6.45. The lowest BCUT2D eigenvalue weighted by Crippen LogP contribution is -2.43. The Balaban J connectivity index is 1.72. The van der Waals surface area contributed by atoms with Crippen molar-refractivity contribution in [2.75, 3.05) is 18.4 Å². The van der Waals surface area contributed by atoms with Crippen molar-refractivity contribution in [2.45, 2.75) is 24.3 Å². The van der Waals surface area contributed by atoms with E-state index in [2.05, 4.69) is 10.1 Å². The third-order valence-electron chi connectivity index (χ3n) is 4.57. The van der Waals surface area contributed by atoms with E-state index in [4.69, 9.17) is 0 Å². The number of nitrogens with one attached hydrogen (secondary N) is 1. The van der Waals surface area contributed by atoms with Gasteiger partial charge in [-0.1, -0.05) is 12.1 Å². The van der Waals surface area contributed by atoms with E-state index in [0.29, 0.717) is 12.8 Å². The van der Waals surface area contributed by atoms with E-state index < -0.39 is 34.3 Å². The zero-order valence-corrected chi connectivity index (χ0v) is 16.0. The maximum absolute atomic E-state index is 13.1. The molecule has 0 bridgehead atoms. The largest absolute Gasteiger partial charge is 0.433 e. The molecule has 0 saturated carbocycles. The minimum Gasteiger partial charge on any atom is -0.433 e. The Labute approximate surface area is 166 Å². The fourth-order valence-corrected chi connectivity index (χ4v) is 4.66. The van der Waals surface area contributed by atoms with Crippen molar-refractivity contribution in [3.8, 4) is 5.75 Å². The molecule has 0 aromatic heterocycles. The monoisotopic (exact) mass is 428 g/mol. The number of hydrogen-bond acceptors (Lipinski definition) is 4. The Bertz CT molecular complexity index is 968. The quantitative estimate of drug-likeness (QED) is 0.765. The zero-order valence-electron chi connectivity index (χ0n) is 15.2.